The number of aliphatic hydroxyl groups is 2. The molecule has 1 saturated heterocycles. The first-order valence-electron chi connectivity index (χ1n) is 5.77. The number of nitrogen functional groups attached to an aromatic ring is 1. The molecule has 2 aromatic rings. The molecule has 1 aliphatic heterocycles. The van der Waals surface area contributed by atoms with Gasteiger partial charge in [0.1, 0.15) is 11.6 Å². The third-order valence-electron chi connectivity index (χ3n) is 3.17. The highest BCUT2D eigenvalue weighted by molar-refractivity contribution is 9.09. The van der Waals surface area contributed by atoms with E-state index in [1.807, 2.05) is 0 Å². The van der Waals surface area contributed by atoms with Gasteiger partial charge in [-0.3, -0.25) is 4.57 Å². The molecule has 0 aromatic carbocycles. The van der Waals surface area contributed by atoms with Crippen molar-refractivity contribution in [2.45, 2.75) is 23.3 Å². The van der Waals surface area contributed by atoms with Crippen molar-refractivity contribution in [3.8, 4) is 0 Å². The first-order valence-corrected chi connectivity index (χ1v) is 7.06. The fourth-order valence-corrected chi connectivity index (χ4v) is 3.07. The van der Waals surface area contributed by atoms with Crippen molar-refractivity contribution >= 4 is 44.5 Å². The summed E-state index contributed by atoms with van der Waals surface area (Å²) in [6.07, 6.45) is -0.636. The van der Waals surface area contributed by atoms with Crippen molar-refractivity contribution < 1.29 is 14.9 Å². The smallest absolute Gasteiger partial charge is 0.226 e. The van der Waals surface area contributed by atoms with Gasteiger partial charge in [-0.25, -0.2) is 4.98 Å². The van der Waals surface area contributed by atoms with E-state index in [2.05, 4.69) is 30.9 Å². The molecule has 4 atom stereocenters. The summed E-state index contributed by atoms with van der Waals surface area (Å²) >= 11 is 9.15. The summed E-state index contributed by atoms with van der Waals surface area (Å²) in [7, 11) is 0. The summed E-state index contributed by atoms with van der Waals surface area (Å²) in [4.78, 5) is 11.6. The van der Waals surface area contributed by atoms with Crippen LogP contribution < -0.4 is 5.73 Å². The first-order chi connectivity index (χ1) is 9.52. The molecule has 0 bridgehead atoms. The molecule has 1 aliphatic rings. The van der Waals surface area contributed by atoms with Gasteiger partial charge in [0.2, 0.25) is 5.28 Å². The molecule has 4 N–H and O–H groups in total. The largest absolute Gasteiger partial charge is 0.394 e. The molecule has 108 valence electrons. The molecule has 0 radical (unpaired) electrons. The third-order valence-corrected chi connectivity index (χ3v) is 4.33. The second kappa shape index (κ2) is 5.08. The van der Waals surface area contributed by atoms with Gasteiger partial charge in [-0.1, -0.05) is 15.9 Å². The van der Waals surface area contributed by atoms with Gasteiger partial charge in [-0.2, -0.15) is 9.97 Å². The Bertz CT molecular complexity index is 653. The van der Waals surface area contributed by atoms with Crippen LogP contribution in [0.1, 0.15) is 6.23 Å². The van der Waals surface area contributed by atoms with E-state index >= 15 is 0 Å². The normalized spacial score (nSPS) is 30.2. The van der Waals surface area contributed by atoms with Crippen molar-refractivity contribution in [3.63, 3.8) is 0 Å². The number of ether oxygens (including phenoxy) is 1. The lowest BCUT2D eigenvalue weighted by molar-refractivity contribution is -0.0430. The topological polar surface area (TPSA) is 119 Å². The Morgan fingerprint density at radius 1 is 1.50 bits per heavy atom. The van der Waals surface area contributed by atoms with Crippen LogP contribution in [0.15, 0.2) is 6.33 Å². The van der Waals surface area contributed by atoms with Gasteiger partial charge in [0.15, 0.2) is 17.7 Å². The zero-order chi connectivity index (χ0) is 14.4. The Kier molecular flexibility index (Phi) is 3.55. The number of fused-ring (bicyclic) bond motifs is 1. The second-order valence-corrected chi connectivity index (χ2v) is 5.78. The molecule has 0 saturated carbocycles. The highest BCUT2D eigenvalue weighted by Crippen LogP contribution is 2.36. The molecule has 3 heterocycles. The third kappa shape index (κ3) is 2.06. The predicted octanol–water partition coefficient (Wildman–Crippen LogP) is 0.0760. The van der Waals surface area contributed by atoms with E-state index in [1.54, 1.807) is 4.57 Å². The second-order valence-electron chi connectivity index (χ2n) is 4.38. The number of alkyl halides is 1. The molecule has 10 heteroatoms. The van der Waals surface area contributed by atoms with E-state index in [4.69, 9.17) is 22.1 Å². The Labute approximate surface area is 126 Å². The van der Waals surface area contributed by atoms with E-state index in [-0.39, 0.29) is 17.7 Å². The van der Waals surface area contributed by atoms with Crippen molar-refractivity contribution in [2.24, 2.45) is 0 Å². The van der Waals surface area contributed by atoms with Gasteiger partial charge in [-0.05, 0) is 11.6 Å². The molecule has 8 nitrogen and oxygen atoms in total. The van der Waals surface area contributed by atoms with Crippen molar-refractivity contribution in [3.05, 3.63) is 11.6 Å². The Balaban J connectivity index is 2.07. The van der Waals surface area contributed by atoms with Crippen LogP contribution >= 0.6 is 27.5 Å². The lowest BCUT2D eigenvalue weighted by atomic mass is 10.2. The molecular weight excluding hydrogens is 353 g/mol. The van der Waals surface area contributed by atoms with E-state index in [1.165, 1.54) is 6.33 Å². The average Bonchev–Trinajstić information content (AvgIpc) is 2.93. The lowest BCUT2D eigenvalue weighted by Gasteiger charge is -2.16. The van der Waals surface area contributed by atoms with Crippen LogP contribution in [-0.2, 0) is 4.74 Å². The fourth-order valence-electron chi connectivity index (χ4n) is 2.18. The maximum Gasteiger partial charge on any atom is 0.226 e. The molecule has 20 heavy (non-hydrogen) atoms. The molecule has 3 rings (SSSR count). The van der Waals surface area contributed by atoms with Crippen molar-refractivity contribution in [1.82, 2.24) is 19.5 Å². The number of rotatable bonds is 2. The predicted molar refractivity (Wildman–Crippen MR) is 74.5 cm³/mol. The summed E-state index contributed by atoms with van der Waals surface area (Å²) in [5, 5.41) is 19.1. The number of halogens is 2. The number of hydrogen-bond acceptors (Lipinski definition) is 7. The molecule has 0 aliphatic carbocycles. The fraction of sp³-hybridized carbons (Fsp3) is 0.500. The molecule has 0 spiro atoms. The molecule has 0 amide bonds. The number of nitrogens with zero attached hydrogens (tertiary/aromatic N) is 4. The number of aliphatic hydroxyl groups excluding tert-OH is 2. The Hall–Kier alpha value is -1.00. The van der Waals surface area contributed by atoms with Crippen LogP contribution in [0.2, 0.25) is 5.28 Å². The molecular formula is C10H11BrClN5O3. The van der Waals surface area contributed by atoms with E-state index in [0.29, 0.717) is 11.2 Å². The van der Waals surface area contributed by atoms with Crippen molar-refractivity contribution in [2.75, 3.05) is 12.3 Å². The highest BCUT2D eigenvalue weighted by atomic mass is 79.9. The van der Waals surface area contributed by atoms with Gasteiger partial charge >= 0.3 is 0 Å². The van der Waals surface area contributed by atoms with Crippen LogP contribution in [0.5, 0.6) is 0 Å². The molecule has 1 unspecified atom stereocenters. The van der Waals surface area contributed by atoms with Gasteiger partial charge in [-0.15, -0.1) is 0 Å². The summed E-state index contributed by atoms with van der Waals surface area (Å²) in [6, 6.07) is 0. The number of anilines is 1. The lowest BCUT2D eigenvalue weighted by Crippen LogP contribution is -2.29. The van der Waals surface area contributed by atoms with Gasteiger partial charge in [0.25, 0.3) is 0 Å². The van der Waals surface area contributed by atoms with E-state index in [9.17, 15) is 10.2 Å². The average molecular weight is 365 g/mol. The summed E-state index contributed by atoms with van der Waals surface area (Å²) in [5.41, 5.74) is 6.54. The minimum Gasteiger partial charge on any atom is -0.394 e. The van der Waals surface area contributed by atoms with Crippen LogP contribution in [0, 0.1) is 0 Å². The highest BCUT2D eigenvalue weighted by Gasteiger charge is 2.43. The monoisotopic (exact) mass is 363 g/mol. The van der Waals surface area contributed by atoms with Gasteiger partial charge < -0.3 is 20.7 Å². The Morgan fingerprint density at radius 3 is 2.90 bits per heavy atom. The number of imidazole rings is 1. The maximum absolute atomic E-state index is 9.96. The Morgan fingerprint density at radius 2 is 2.25 bits per heavy atom. The zero-order valence-electron chi connectivity index (χ0n) is 10.0. The maximum atomic E-state index is 9.96. The number of hydrogen-bond donors (Lipinski definition) is 3. The summed E-state index contributed by atoms with van der Waals surface area (Å²) < 4.78 is 7.19. The number of nitrogens with two attached hydrogens (primary N) is 1. The minimum absolute atomic E-state index is 0.000117. The zero-order valence-corrected chi connectivity index (χ0v) is 12.4. The van der Waals surface area contributed by atoms with Crippen LogP contribution in [-0.4, -0.2) is 53.4 Å². The van der Waals surface area contributed by atoms with Gasteiger partial charge in [0.05, 0.1) is 23.9 Å². The summed E-state index contributed by atoms with van der Waals surface area (Å²) in [6.45, 7) is -0.287. The van der Waals surface area contributed by atoms with E-state index in [0.717, 1.165) is 0 Å². The van der Waals surface area contributed by atoms with Gasteiger partial charge in [0, 0.05) is 0 Å². The minimum atomic E-state index is -0.850. The standard InChI is InChI=1S/C10H11BrClN5O3/c11-4-6(19)3(1-18)20-9(4)17-2-14-5-7(13)15-10(12)16-8(5)17/h2-4,6,9,18-19H,1H2,(H2,13,15,16)/t3-,4-,6+,9?/m1/s1. The van der Waals surface area contributed by atoms with Crippen LogP contribution in [0.4, 0.5) is 5.82 Å². The van der Waals surface area contributed by atoms with Crippen LogP contribution in [0.3, 0.4) is 0 Å². The SMILES string of the molecule is Nc1nc(Cl)nc2c1ncn2C1O[C@H](CO)[C@H](O)[C@H]1Br. The molecule has 2 aromatic heterocycles. The van der Waals surface area contributed by atoms with Crippen LogP contribution in [0.25, 0.3) is 11.2 Å². The number of aromatic nitrogens is 4. The molecule has 1 fully saturated rings. The van der Waals surface area contributed by atoms with Crippen molar-refractivity contribution in [1.29, 1.82) is 0 Å². The first kappa shape index (κ1) is 14.0. The quantitative estimate of drug-likeness (QED) is 0.510. The van der Waals surface area contributed by atoms with E-state index < -0.39 is 23.3 Å². The summed E-state index contributed by atoms with van der Waals surface area (Å²) in [5.74, 6) is 0.169.